The van der Waals surface area contributed by atoms with E-state index in [1.807, 2.05) is 0 Å². The summed E-state index contributed by atoms with van der Waals surface area (Å²) in [5, 5.41) is 23.8. The highest BCUT2D eigenvalue weighted by Crippen LogP contribution is 2.33. The van der Waals surface area contributed by atoms with Gasteiger partial charge in [-0.25, -0.2) is 5.43 Å². The van der Waals surface area contributed by atoms with Gasteiger partial charge in [0.2, 0.25) is 0 Å². The molecule has 0 heterocycles. The number of para-hydroxylation sites is 1. The Hall–Kier alpha value is -3.22. The van der Waals surface area contributed by atoms with Gasteiger partial charge >= 0.3 is 0 Å². The zero-order chi connectivity index (χ0) is 17.7. The molecule has 24 heavy (non-hydrogen) atoms. The third-order valence-electron chi connectivity index (χ3n) is 3.35. The molecule has 126 valence electrons. The molecular weight excluding hydrogens is 312 g/mol. The SMILES string of the molecule is COc1cc(O)c(/C(C)=N/NC(=O)c2ccccc2O)c(OC)c1. The number of nitrogens with zero attached hydrogens (tertiary/aromatic N) is 1. The molecule has 7 nitrogen and oxygen atoms in total. The topological polar surface area (TPSA) is 100 Å². The molecule has 0 radical (unpaired) electrons. The Morgan fingerprint density at radius 2 is 1.79 bits per heavy atom. The third-order valence-corrected chi connectivity index (χ3v) is 3.35. The summed E-state index contributed by atoms with van der Waals surface area (Å²) in [4.78, 5) is 12.0. The summed E-state index contributed by atoms with van der Waals surface area (Å²) in [6.45, 7) is 1.61. The molecule has 0 aromatic heterocycles. The van der Waals surface area contributed by atoms with Crippen molar-refractivity contribution in [2.75, 3.05) is 14.2 Å². The number of hydrogen-bond acceptors (Lipinski definition) is 6. The van der Waals surface area contributed by atoms with Crippen LogP contribution in [-0.4, -0.2) is 36.1 Å². The Bertz CT molecular complexity index is 787. The van der Waals surface area contributed by atoms with E-state index in [9.17, 15) is 15.0 Å². The van der Waals surface area contributed by atoms with Gasteiger partial charge in [-0.05, 0) is 19.1 Å². The van der Waals surface area contributed by atoms with E-state index in [1.54, 1.807) is 25.1 Å². The average molecular weight is 330 g/mol. The number of nitrogens with one attached hydrogen (secondary N) is 1. The lowest BCUT2D eigenvalue weighted by molar-refractivity contribution is 0.0952. The number of hydrogen-bond donors (Lipinski definition) is 3. The summed E-state index contributed by atoms with van der Waals surface area (Å²) >= 11 is 0. The molecule has 1 amide bonds. The molecule has 7 heteroatoms. The summed E-state index contributed by atoms with van der Waals surface area (Å²) in [5.41, 5.74) is 3.09. The van der Waals surface area contributed by atoms with Crippen LogP contribution in [0.15, 0.2) is 41.5 Å². The maximum Gasteiger partial charge on any atom is 0.275 e. The minimum atomic E-state index is -0.570. The number of benzene rings is 2. The Kier molecular flexibility index (Phi) is 5.26. The molecule has 0 fully saturated rings. The van der Waals surface area contributed by atoms with Gasteiger partial charge in [-0.3, -0.25) is 4.79 Å². The number of carbonyl (C=O) groups is 1. The van der Waals surface area contributed by atoms with Gasteiger partial charge in [-0.2, -0.15) is 5.10 Å². The van der Waals surface area contributed by atoms with Crippen LogP contribution in [0.3, 0.4) is 0 Å². The standard InChI is InChI=1S/C17H18N2O5/c1-10(16-14(21)8-11(23-2)9-15(16)24-3)18-19-17(22)12-6-4-5-7-13(12)20/h4-9,20-21H,1-3H3,(H,19,22)/b18-10+. The van der Waals surface area contributed by atoms with E-state index in [0.29, 0.717) is 22.8 Å². The Morgan fingerprint density at radius 3 is 2.42 bits per heavy atom. The minimum absolute atomic E-state index is 0.0933. The van der Waals surface area contributed by atoms with Crippen molar-refractivity contribution in [2.24, 2.45) is 5.10 Å². The summed E-state index contributed by atoms with van der Waals surface area (Å²) in [5.74, 6) is -0.0274. The van der Waals surface area contributed by atoms with Crippen LogP contribution in [0.25, 0.3) is 0 Å². The highest BCUT2D eigenvalue weighted by molar-refractivity contribution is 6.05. The lowest BCUT2D eigenvalue weighted by atomic mass is 10.1. The average Bonchev–Trinajstić information content (AvgIpc) is 2.58. The van der Waals surface area contributed by atoms with Gasteiger partial charge in [0.1, 0.15) is 23.0 Å². The van der Waals surface area contributed by atoms with Crippen LogP contribution >= 0.6 is 0 Å². The van der Waals surface area contributed by atoms with Gasteiger partial charge in [0, 0.05) is 12.1 Å². The lowest BCUT2D eigenvalue weighted by Crippen LogP contribution is -2.19. The number of carbonyl (C=O) groups excluding carboxylic acids is 1. The van der Waals surface area contributed by atoms with E-state index in [-0.39, 0.29) is 17.1 Å². The maximum atomic E-state index is 12.0. The van der Waals surface area contributed by atoms with Crippen molar-refractivity contribution in [3.05, 3.63) is 47.5 Å². The largest absolute Gasteiger partial charge is 0.507 e. The first kappa shape index (κ1) is 17.1. The minimum Gasteiger partial charge on any atom is -0.507 e. The van der Waals surface area contributed by atoms with E-state index < -0.39 is 5.91 Å². The van der Waals surface area contributed by atoms with Crippen LogP contribution in [0.2, 0.25) is 0 Å². The van der Waals surface area contributed by atoms with Gasteiger partial charge < -0.3 is 19.7 Å². The molecule has 2 rings (SSSR count). The molecule has 2 aromatic carbocycles. The number of amides is 1. The molecule has 0 saturated heterocycles. The first-order valence-corrected chi connectivity index (χ1v) is 7.06. The van der Waals surface area contributed by atoms with Gasteiger partial charge in [0.05, 0.1) is 31.1 Å². The number of methoxy groups -OCH3 is 2. The number of aromatic hydroxyl groups is 2. The second-order valence-electron chi connectivity index (χ2n) is 4.88. The normalized spacial score (nSPS) is 11.0. The third kappa shape index (κ3) is 3.57. The smallest absolute Gasteiger partial charge is 0.275 e. The zero-order valence-electron chi connectivity index (χ0n) is 13.5. The second-order valence-corrected chi connectivity index (χ2v) is 4.88. The monoisotopic (exact) mass is 330 g/mol. The van der Waals surface area contributed by atoms with Crippen LogP contribution in [-0.2, 0) is 0 Å². The molecule has 0 bridgehead atoms. The number of phenols is 2. The van der Waals surface area contributed by atoms with Crippen molar-refractivity contribution in [1.29, 1.82) is 0 Å². The highest BCUT2D eigenvalue weighted by atomic mass is 16.5. The van der Waals surface area contributed by atoms with Crippen molar-refractivity contribution in [3.8, 4) is 23.0 Å². The van der Waals surface area contributed by atoms with Crippen molar-refractivity contribution in [3.63, 3.8) is 0 Å². The van der Waals surface area contributed by atoms with Crippen LogP contribution in [0.1, 0.15) is 22.8 Å². The fourth-order valence-corrected chi connectivity index (χ4v) is 2.14. The Balaban J connectivity index is 2.28. The quantitative estimate of drug-likeness (QED) is 0.577. The van der Waals surface area contributed by atoms with E-state index in [0.717, 1.165) is 0 Å². The first-order chi connectivity index (χ1) is 11.5. The van der Waals surface area contributed by atoms with Gasteiger partial charge in [-0.1, -0.05) is 12.1 Å². The first-order valence-electron chi connectivity index (χ1n) is 7.06. The van der Waals surface area contributed by atoms with Crippen LogP contribution in [0, 0.1) is 0 Å². The molecular formula is C17H18N2O5. The van der Waals surface area contributed by atoms with E-state index >= 15 is 0 Å². The summed E-state index contributed by atoms with van der Waals surface area (Å²) in [6, 6.07) is 9.13. The molecule has 0 spiro atoms. The molecule has 0 atom stereocenters. The Labute approximate surface area is 139 Å². The summed E-state index contributed by atoms with van der Waals surface area (Å²) in [6.07, 6.45) is 0. The molecule has 0 aliphatic heterocycles. The molecule has 2 aromatic rings. The number of ether oxygens (including phenoxy) is 2. The van der Waals surface area contributed by atoms with Crippen molar-refractivity contribution in [2.45, 2.75) is 6.92 Å². The van der Waals surface area contributed by atoms with E-state index in [1.165, 1.54) is 32.4 Å². The predicted octanol–water partition coefficient (Wildman–Crippen LogP) is 2.27. The zero-order valence-corrected chi connectivity index (χ0v) is 13.5. The molecule has 3 N–H and O–H groups in total. The van der Waals surface area contributed by atoms with Crippen LogP contribution in [0.5, 0.6) is 23.0 Å². The lowest BCUT2D eigenvalue weighted by Gasteiger charge is -2.12. The summed E-state index contributed by atoms with van der Waals surface area (Å²) < 4.78 is 10.3. The number of phenolic OH excluding ortho intramolecular Hbond substituents is 2. The predicted molar refractivity (Wildman–Crippen MR) is 89.0 cm³/mol. The van der Waals surface area contributed by atoms with Gasteiger partial charge in [-0.15, -0.1) is 0 Å². The van der Waals surface area contributed by atoms with Gasteiger partial charge in [0.25, 0.3) is 5.91 Å². The fraction of sp³-hybridized carbons (Fsp3) is 0.176. The van der Waals surface area contributed by atoms with E-state index in [4.69, 9.17) is 9.47 Å². The summed E-state index contributed by atoms with van der Waals surface area (Å²) in [7, 11) is 2.92. The molecule has 0 unspecified atom stereocenters. The van der Waals surface area contributed by atoms with Crippen LogP contribution in [0.4, 0.5) is 0 Å². The number of hydrazone groups is 1. The van der Waals surface area contributed by atoms with Crippen LogP contribution < -0.4 is 14.9 Å². The highest BCUT2D eigenvalue weighted by Gasteiger charge is 2.16. The van der Waals surface area contributed by atoms with Gasteiger partial charge in [0.15, 0.2) is 0 Å². The molecule has 0 aliphatic carbocycles. The second kappa shape index (κ2) is 7.36. The van der Waals surface area contributed by atoms with Crippen molar-refractivity contribution in [1.82, 2.24) is 5.43 Å². The fourth-order valence-electron chi connectivity index (χ4n) is 2.14. The number of rotatable bonds is 5. The van der Waals surface area contributed by atoms with E-state index in [2.05, 4.69) is 10.5 Å². The Morgan fingerprint density at radius 1 is 1.08 bits per heavy atom. The van der Waals surface area contributed by atoms with Crippen molar-refractivity contribution >= 4 is 11.6 Å². The molecule has 0 saturated carbocycles. The maximum absolute atomic E-state index is 12.0. The van der Waals surface area contributed by atoms with Crippen molar-refractivity contribution < 1.29 is 24.5 Å². The molecule has 0 aliphatic rings.